The fourth-order valence-electron chi connectivity index (χ4n) is 3.63. The van der Waals surface area contributed by atoms with E-state index < -0.39 is 16.4 Å². The average Bonchev–Trinajstić information content (AvgIpc) is 2.63. The first-order valence-corrected chi connectivity index (χ1v) is 15.8. The van der Waals surface area contributed by atoms with Crippen LogP contribution in [0.25, 0.3) is 0 Å². The second-order valence-corrected chi connectivity index (χ2v) is 18.6. The van der Waals surface area contributed by atoms with Crippen LogP contribution >= 0.6 is 0 Å². The van der Waals surface area contributed by atoms with Crippen molar-refractivity contribution in [2.24, 2.45) is 0 Å². The third kappa shape index (κ3) is 5.94. The molecule has 1 nitrogen and oxygen atoms in total. The Hall–Kier alpha value is -1.61. The maximum Gasteiger partial charge on any atom is 0.261 e. The minimum Gasteiger partial charge on any atom is -0.407 e. The molecule has 2 aromatic carbocycles. The van der Waals surface area contributed by atoms with Gasteiger partial charge in [-0.05, 0) is 28.3 Å². The summed E-state index contributed by atoms with van der Waals surface area (Å²) in [6.07, 6.45) is 3.15. The Labute approximate surface area is 174 Å². The van der Waals surface area contributed by atoms with Crippen molar-refractivity contribution in [3.05, 3.63) is 60.7 Å². The van der Waals surface area contributed by atoms with Gasteiger partial charge in [0.25, 0.3) is 8.32 Å². The second-order valence-electron chi connectivity index (χ2n) is 9.52. The molecule has 150 valence electrons. The lowest BCUT2D eigenvalue weighted by Gasteiger charge is -2.43. The zero-order chi connectivity index (χ0) is 20.7. The molecule has 2 aromatic rings. The van der Waals surface area contributed by atoms with Crippen LogP contribution in [0.5, 0.6) is 0 Å². The standard InChI is InChI=1S/C25H36OSi2/c1-25(2,3)28(23-17-11-9-12-18-23,24-19-13-10-14-20-24)26-21-15-7-8-16-22-27(4,5)6/h9-14,17-20H,7-8,15,21H2,1-6H3. The van der Waals surface area contributed by atoms with E-state index in [9.17, 15) is 0 Å². The van der Waals surface area contributed by atoms with Crippen LogP contribution < -0.4 is 10.4 Å². The maximum atomic E-state index is 6.91. The number of hydrogen-bond donors (Lipinski definition) is 0. The molecule has 0 N–H and O–H groups in total. The highest BCUT2D eigenvalue weighted by molar-refractivity contribution is 6.99. The zero-order valence-corrected chi connectivity index (χ0v) is 20.5. The monoisotopic (exact) mass is 408 g/mol. The Kier molecular flexibility index (Phi) is 7.89. The smallest absolute Gasteiger partial charge is 0.261 e. The minimum atomic E-state index is -2.38. The SMILES string of the molecule is CC(C)(C)[Si](OCCCCC#C[Si](C)(C)C)(c1ccccc1)c1ccccc1. The van der Waals surface area contributed by atoms with E-state index >= 15 is 0 Å². The van der Waals surface area contributed by atoms with E-state index in [1.165, 1.54) is 10.4 Å². The molecule has 0 aliphatic rings. The van der Waals surface area contributed by atoms with Gasteiger partial charge < -0.3 is 4.43 Å². The molecule has 0 aliphatic heterocycles. The Balaban J connectivity index is 2.21. The Morgan fingerprint density at radius 1 is 0.786 bits per heavy atom. The molecule has 2 rings (SSSR count). The van der Waals surface area contributed by atoms with Gasteiger partial charge in [-0.2, -0.15) is 0 Å². The van der Waals surface area contributed by atoms with Crippen molar-refractivity contribution in [1.29, 1.82) is 0 Å². The molecule has 0 fully saturated rings. The summed E-state index contributed by atoms with van der Waals surface area (Å²) in [6.45, 7) is 14.7. The third-order valence-corrected chi connectivity index (χ3v) is 10.9. The van der Waals surface area contributed by atoms with E-state index in [1.807, 2.05) is 0 Å². The van der Waals surface area contributed by atoms with Gasteiger partial charge in [0.15, 0.2) is 0 Å². The molecular formula is C25H36OSi2. The lowest BCUT2D eigenvalue weighted by atomic mass is 10.2. The van der Waals surface area contributed by atoms with Crippen molar-refractivity contribution in [2.75, 3.05) is 6.61 Å². The molecular weight excluding hydrogens is 372 g/mol. The highest BCUT2D eigenvalue weighted by Crippen LogP contribution is 2.36. The fraction of sp³-hybridized carbons (Fsp3) is 0.440. The molecule has 0 amide bonds. The van der Waals surface area contributed by atoms with Crippen molar-refractivity contribution in [2.45, 2.75) is 64.7 Å². The highest BCUT2D eigenvalue weighted by Gasteiger charge is 2.49. The Morgan fingerprint density at radius 2 is 1.29 bits per heavy atom. The predicted octanol–water partition coefficient (Wildman–Crippen LogP) is 5.61. The molecule has 0 saturated heterocycles. The van der Waals surface area contributed by atoms with Crippen LogP contribution in [0.15, 0.2) is 60.7 Å². The number of benzene rings is 2. The van der Waals surface area contributed by atoms with Gasteiger partial charge in [-0.1, -0.05) is 101 Å². The third-order valence-electron chi connectivity index (χ3n) is 4.89. The molecule has 0 aliphatic carbocycles. The molecule has 3 heteroatoms. The molecule has 0 heterocycles. The summed E-state index contributed by atoms with van der Waals surface area (Å²) in [6, 6.07) is 21.8. The van der Waals surface area contributed by atoms with Crippen molar-refractivity contribution in [3.63, 3.8) is 0 Å². The second kappa shape index (κ2) is 9.74. The van der Waals surface area contributed by atoms with Crippen LogP contribution in [0.3, 0.4) is 0 Å². The number of rotatable bonds is 7. The first kappa shape index (κ1) is 22.7. The van der Waals surface area contributed by atoms with Crippen LogP contribution in [0.2, 0.25) is 24.7 Å². The van der Waals surface area contributed by atoms with Crippen molar-refractivity contribution < 1.29 is 4.43 Å². The molecule has 0 saturated carbocycles. The van der Waals surface area contributed by atoms with E-state index in [2.05, 4.69) is 113 Å². The van der Waals surface area contributed by atoms with E-state index in [0.29, 0.717) is 0 Å². The van der Waals surface area contributed by atoms with Gasteiger partial charge in [-0.25, -0.2) is 0 Å². The summed E-state index contributed by atoms with van der Waals surface area (Å²) < 4.78 is 6.91. The number of hydrogen-bond acceptors (Lipinski definition) is 1. The highest BCUT2D eigenvalue weighted by atomic mass is 28.4. The first-order chi connectivity index (χ1) is 13.2. The largest absolute Gasteiger partial charge is 0.407 e. The molecule has 0 radical (unpaired) electrons. The number of unbranched alkanes of at least 4 members (excludes halogenated alkanes) is 2. The quantitative estimate of drug-likeness (QED) is 0.328. The topological polar surface area (TPSA) is 9.23 Å². The lowest BCUT2D eigenvalue weighted by Crippen LogP contribution is -2.66. The lowest BCUT2D eigenvalue weighted by molar-refractivity contribution is 0.289. The van der Waals surface area contributed by atoms with Crippen LogP contribution in [0, 0.1) is 11.5 Å². The predicted molar refractivity (Wildman–Crippen MR) is 129 cm³/mol. The van der Waals surface area contributed by atoms with Gasteiger partial charge in [0.05, 0.1) is 0 Å². The van der Waals surface area contributed by atoms with Crippen LogP contribution in [0.1, 0.15) is 40.0 Å². The summed E-state index contributed by atoms with van der Waals surface area (Å²) in [5, 5.41) is 2.76. The molecule has 0 spiro atoms. The van der Waals surface area contributed by atoms with Crippen molar-refractivity contribution in [3.8, 4) is 11.5 Å². The summed E-state index contributed by atoms with van der Waals surface area (Å²) in [5.74, 6) is 3.38. The average molecular weight is 409 g/mol. The van der Waals surface area contributed by atoms with E-state index in [4.69, 9.17) is 4.43 Å². The van der Waals surface area contributed by atoms with E-state index in [-0.39, 0.29) is 5.04 Å². The molecule has 0 aromatic heterocycles. The molecule has 0 unspecified atom stereocenters. The van der Waals surface area contributed by atoms with Gasteiger partial charge in [-0.15, -0.1) is 11.5 Å². The van der Waals surface area contributed by atoms with Gasteiger partial charge in [0.1, 0.15) is 8.07 Å². The zero-order valence-electron chi connectivity index (χ0n) is 18.5. The maximum absolute atomic E-state index is 6.91. The van der Waals surface area contributed by atoms with Gasteiger partial charge in [0, 0.05) is 13.0 Å². The molecule has 28 heavy (non-hydrogen) atoms. The van der Waals surface area contributed by atoms with Crippen molar-refractivity contribution in [1.82, 2.24) is 0 Å². The minimum absolute atomic E-state index is 0.0490. The van der Waals surface area contributed by atoms with E-state index in [1.54, 1.807) is 0 Å². The Morgan fingerprint density at radius 3 is 1.71 bits per heavy atom. The first-order valence-electron chi connectivity index (χ1n) is 10.4. The van der Waals surface area contributed by atoms with E-state index in [0.717, 1.165) is 25.9 Å². The van der Waals surface area contributed by atoms with Crippen molar-refractivity contribution >= 4 is 26.8 Å². The Bertz CT molecular complexity index is 735. The van der Waals surface area contributed by atoms with Crippen LogP contribution in [0.4, 0.5) is 0 Å². The summed E-state index contributed by atoms with van der Waals surface area (Å²) in [7, 11) is -3.63. The molecule has 0 bridgehead atoms. The summed E-state index contributed by atoms with van der Waals surface area (Å²) >= 11 is 0. The summed E-state index contributed by atoms with van der Waals surface area (Å²) in [5.41, 5.74) is 3.46. The van der Waals surface area contributed by atoms with Crippen LogP contribution in [-0.2, 0) is 4.43 Å². The summed E-state index contributed by atoms with van der Waals surface area (Å²) in [4.78, 5) is 0. The van der Waals surface area contributed by atoms with Gasteiger partial charge in [0.2, 0.25) is 0 Å². The van der Waals surface area contributed by atoms with Crippen LogP contribution in [-0.4, -0.2) is 23.0 Å². The van der Waals surface area contributed by atoms with Gasteiger partial charge in [-0.3, -0.25) is 0 Å². The molecule has 0 atom stereocenters. The fourth-order valence-corrected chi connectivity index (χ4v) is 8.89. The normalized spacial score (nSPS) is 12.4. The van der Waals surface area contributed by atoms with Gasteiger partial charge >= 0.3 is 0 Å².